The monoisotopic (exact) mass is 383 g/mol. The lowest BCUT2D eigenvalue weighted by Crippen LogP contribution is -2.27. The van der Waals surface area contributed by atoms with Crippen LogP contribution in [0.25, 0.3) is 0 Å². The number of amides is 1. The van der Waals surface area contributed by atoms with E-state index in [1.165, 1.54) is 0 Å². The minimum Gasteiger partial charge on any atom is -0.478 e. The third kappa shape index (κ3) is 4.62. The summed E-state index contributed by atoms with van der Waals surface area (Å²) in [5, 5.41) is 13.5. The molecule has 8 heteroatoms. The zero-order valence-electron chi connectivity index (χ0n) is 15.7. The number of pyridine rings is 1. The van der Waals surface area contributed by atoms with Gasteiger partial charge in [0, 0.05) is 41.3 Å². The highest BCUT2D eigenvalue weighted by Gasteiger charge is 2.30. The predicted octanol–water partition coefficient (Wildman–Crippen LogP) is 3.99. The van der Waals surface area contributed by atoms with Gasteiger partial charge in [0.1, 0.15) is 6.10 Å². The molecular weight excluding hydrogens is 358 g/mol. The average Bonchev–Trinajstić information content (AvgIpc) is 3.30. The molecule has 6 bridgehead atoms. The Morgan fingerprint density at radius 2 is 2.11 bits per heavy atom. The summed E-state index contributed by atoms with van der Waals surface area (Å²) in [4.78, 5) is 16.3. The van der Waals surface area contributed by atoms with Crippen LogP contribution in [0.5, 0.6) is 5.88 Å². The van der Waals surface area contributed by atoms with Crippen LogP contribution in [0.1, 0.15) is 50.1 Å². The van der Waals surface area contributed by atoms with Crippen LogP contribution in [0.15, 0.2) is 36.7 Å². The van der Waals surface area contributed by atoms with Crippen molar-refractivity contribution in [2.24, 2.45) is 0 Å². The molecule has 1 fully saturated rings. The summed E-state index contributed by atoms with van der Waals surface area (Å²) in [7, 11) is 0. The van der Waals surface area contributed by atoms with E-state index in [1.54, 1.807) is 6.20 Å². The van der Waals surface area contributed by atoms with Crippen LogP contribution in [0.4, 0.5) is 16.3 Å². The summed E-state index contributed by atoms with van der Waals surface area (Å²) >= 11 is 0. The Labute approximate surface area is 163 Å². The maximum atomic E-state index is 12.1. The van der Waals surface area contributed by atoms with Crippen molar-refractivity contribution in [3.8, 4) is 5.88 Å². The number of carbonyl (C=O) groups is 1. The molecule has 2 atom stereocenters. The number of nitrogens with one attached hydrogen (secondary N) is 3. The van der Waals surface area contributed by atoms with Crippen molar-refractivity contribution >= 4 is 17.6 Å². The molecule has 1 saturated carbocycles. The molecule has 2 aliphatic rings. The van der Waals surface area contributed by atoms with E-state index in [1.807, 2.05) is 18.2 Å². The minimum absolute atomic E-state index is 0.0873. The van der Waals surface area contributed by atoms with E-state index in [0.29, 0.717) is 30.5 Å². The van der Waals surface area contributed by atoms with Crippen LogP contribution in [0.2, 0.25) is 0 Å². The number of H-pyrrole nitrogens is 1. The zero-order chi connectivity index (χ0) is 19.3. The van der Waals surface area contributed by atoms with Gasteiger partial charge in [0.15, 0.2) is 5.82 Å². The Morgan fingerprint density at radius 3 is 3.04 bits per heavy atom. The van der Waals surface area contributed by atoms with Crippen molar-refractivity contribution < 1.29 is 14.3 Å². The van der Waals surface area contributed by atoms with Gasteiger partial charge in [0.25, 0.3) is 0 Å². The molecule has 1 aliphatic carbocycles. The number of allylic oxidation sites excluding steroid dienone is 1. The van der Waals surface area contributed by atoms with Gasteiger partial charge in [-0.25, -0.2) is 9.78 Å². The van der Waals surface area contributed by atoms with E-state index in [4.69, 9.17) is 9.47 Å². The molecule has 2 aromatic heterocycles. The van der Waals surface area contributed by atoms with Crippen molar-refractivity contribution in [2.45, 2.75) is 50.5 Å². The van der Waals surface area contributed by atoms with E-state index in [0.717, 1.165) is 49.3 Å². The van der Waals surface area contributed by atoms with Gasteiger partial charge in [-0.15, -0.1) is 0 Å². The fraction of sp³-hybridized carbons (Fsp3) is 0.450. The third-order valence-corrected chi connectivity index (χ3v) is 5.10. The second-order valence-corrected chi connectivity index (χ2v) is 7.29. The van der Waals surface area contributed by atoms with Gasteiger partial charge in [-0.2, -0.15) is 5.10 Å². The summed E-state index contributed by atoms with van der Waals surface area (Å²) in [5.41, 5.74) is 2.58. The lowest BCUT2D eigenvalue weighted by Gasteiger charge is -2.14. The van der Waals surface area contributed by atoms with Gasteiger partial charge in [0.2, 0.25) is 5.88 Å². The van der Waals surface area contributed by atoms with Crippen molar-refractivity contribution in [2.75, 3.05) is 11.9 Å². The smallest absolute Gasteiger partial charge is 0.411 e. The molecule has 148 valence electrons. The molecule has 3 N–H and O–H groups in total. The fourth-order valence-corrected chi connectivity index (χ4v) is 3.66. The number of ether oxygens (including phenoxy) is 2. The molecule has 0 radical (unpaired) electrons. The molecule has 0 saturated heterocycles. The van der Waals surface area contributed by atoms with Crippen LogP contribution >= 0.6 is 0 Å². The number of carbonyl (C=O) groups excluding carboxylic acids is 1. The zero-order valence-corrected chi connectivity index (χ0v) is 15.7. The molecule has 1 amide bonds. The summed E-state index contributed by atoms with van der Waals surface area (Å²) in [6.45, 7) is 4.46. The van der Waals surface area contributed by atoms with Gasteiger partial charge in [-0.1, -0.05) is 6.58 Å². The number of alkyl carbamates (subject to hydrolysis) is 1. The average molecular weight is 383 g/mol. The molecule has 8 nitrogen and oxygen atoms in total. The van der Waals surface area contributed by atoms with Crippen LogP contribution in [0, 0.1) is 0 Å². The van der Waals surface area contributed by atoms with E-state index >= 15 is 0 Å². The summed E-state index contributed by atoms with van der Waals surface area (Å²) < 4.78 is 11.3. The Bertz CT molecular complexity index is 850. The number of anilines is 2. The molecule has 28 heavy (non-hydrogen) atoms. The molecule has 1 aliphatic heterocycles. The largest absolute Gasteiger partial charge is 0.478 e. The minimum atomic E-state index is -0.419. The summed E-state index contributed by atoms with van der Waals surface area (Å²) in [6, 6.07) is 5.75. The number of fused-ring (bicyclic) bond motifs is 7. The maximum Gasteiger partial charge on any atom is 0.411 e. The third-order valence-electron chi connectivity index (χ3n) is 5.10. The van der Waals surface area contributed by atoms with Crippen LogP contribution in [0.3, 0.4) is 0 Å². The van der Waals surface area contributed by atoms with E-state index in [9.17, 15) is 4.79 Å². The molecule has 0 aromatic carbocycles. The van der Waals surface area contributed by atoms with E-state index in [2.05, 4.69) is 32.4 Å². The van der Waals surface area contributed by atoms with Gasteiger partial charge < -0.3 is 14.8 Å². The second kappa shape index (κ2) is 8.33. The Kier molecular flexibility index (Phi) is 5.45. The molecule has 2 aromatic rings. The van der Waals surface area contributed by atoms with Crippen molar-refractivity contribution in [3.63, 3.8) is 0 Å². The van der Waals surface area contributed by atoms with Crippen LogP contribution in [-0.4, -0.2) is 34.0 Å². The molecule has 4 rings (SSSR count). The first-order chi connectivity index (χ1) is 13.7. The number of nitrogens with zero attached hydrogens (tertiary/aromatic N) is 2. The van der Waals surface area contributed by atoms with Gasteiger partial charge in [-0.3, -0.25) is 10.4 Å². The maximum absolute atomic E-state index is 12.1. The van der Waals surface area contributed by atoms with Gasteiger partial charge >= 0.3 is 6.09 Å². The summed E-state index contributed by atoms with van der Waals surface area (Å²) in [5.74, 6) is 1.60. The lowest BCUT2D eigenvalue weighted by atomic mass is 10.0. The quantitative estimate of drug-likeness (QED) is 0.636. The standard InChI is InChI=1S/C20H25N5O3/c1-13-4-2-3-9-27-19-11-15(7-8-21-19)23-18-12-17(24-25-18)14-5-6-16(10-14)28-20(26)22-13/h7-8,11-12,14,16H,1-6,9-10H2,(H,22,26)(H2,23,24,25). The van der Waals surface area contributed by atoms with E-state index in [-0.39, 0.29) is 6.10 Å². The number of hydrogen-bond acceptors (Lipinski definition) is 6. The second-order valence-electron chi connectivity index (χ2n) is 7.29. The lowest BCUT2D eigenvalue weighted by molar-refractivity contribution is 0.102. The van der Waals surface area contributed by atoms with Crippen LogP contribution in [-0.2, 0) is 4.74 Å². The number of hydrogen-bond donors (Lipinski definition) is 3. The first-order valence-electron chi connectivity index (χ1n) is 9.72. The Morgan fingerprint density at radius 1 is 1.18 bits per heavy atom. The topological polar surface area (TPSA) is 101 Å². The first-order valence-corrected chi connectivity index (χ1v) is 9.72. The van der Waals surface area contributed by atoms with Gasteiger partial charge in [0.05, 0.1) is 6.61 Å². The highest BCUT2D eigenvalue weighted by molar-refractivity contribution is 5.69. The normalized spacial score (nSPS) is 23.3. The molecular formula is C20H25N5O3. The highest BCUT2D eigenvalue weighted by Crippen LogP contribution is 2.36. The number of aromatic nitrogens is 3. The van der Waals surface area contributed by atoms with Crippen LogP contribution < -0.4 is 15.4 Å². The number of aromatic amines is 1. The van der Waals surface area contributed by atoms with E-state index < -0.39 is 6.09 Å². The van der Waals surface area contributed by atoms with Crippen molar-refractivity contribution in [1.82, 2.24) is 20.5 Å². The molecule has 3 heterocycles. The molecule has 2 unspecified atom stereocenters. The van der Waals surface area contributed by atoms with Gasteiger partial charge in [-0.05, 0) is 44.6 Å². The van der Waals surface area contributed by atoms with Crippen molar-refractivity contribution in [1.29, 1.82) is 0 Å². The number of rotatable bonds is 0. The first kappa shape index (κ1) is 18.3. The predicted molar refractivity (Wildman–Crippen MR) is 105 cm³/mol. The van der Waals surface area contributed by atoms with Crippen molar-refractivity contribution in [3.05, 3.63) is 42.4 Å². The Balaban J connectivity index is 1.50. The molecule has 0 spiro atoms. The highest BCUT2D eigenvalue weighted by atomic mass is 16.6. The summed E-state index contributed by atoms with van der Waals surface area (Å²) in [6.07, 6.45) is 6.18. The SMILES string of the molecule is C=C1CCCCOc2cc(ccn2)Nc2cc([nH]n2)C2CCC(C2)OC(=O)N1. The Hall–Kier alpha value is -3.03. The fourth-order valence-electron chi connectivity index (χ4n) is 3.66.